The summed E-state index contributed by atoms with van der Waals surface area (Å²) in [6, 6.07) is 8.56. The summed E-state index contributed by atoms with van der Waals surface area (Å²) in [4.78, 5) is 28.3. The molecule has 0 unspecified atom stereocenters. The van der Waals surface area contributed by atoms with Gasteiger partial charge < -0.3 is 25.2 Å². The molecule has 2 aliphatic rings. The molecule has 2 aliphatic heterocycles. The number of hydrogen-bond donors (Lipinski definition) is 2. The van der Waals surface area contributed by atoms with Crippen molar-refractivity contribution >= 4 is 62.3 Å². The number of ether oxygens (including phenoxy) is 1. The smallest absolute Gasteiger partial charge is 0.244 e. The number of nitrogens with zero attached hydrogens (tertiary/aromatic N) is 6. The minimum Gasteiger partial charge on any atom is -0.495 e. The highest BCUT2D eigenvalue weighted by Gasteiger charge is 2.25. The number of sulfonamides is 1. The zero-order chi connectivity index (χ0) is 32.3. The quantitative estimate of drug-likeness (QED) is 0.347. The number of likely N-dealkylation sites (N-methyl/N-ethyl adjacent to an activating group) is 1. The van der Waals surface area contributed by atoms with E-state index in [2.05, 4.69) is 37.4 Å². The van der Waals surface area contributed by atoms with Crippen molar-refractivity contribution in [2.45, 2.75) is 17.7 Å². The van der Waals surface area contributed by atoms with E-state index in [0.717, 1.165) is 62.0 Å². The maximum absolute atomic E-state index is 13.0. The molecule has 45 heavy (non-hydrogen) atoms. The predicted octanol–water partition coefficient (Wildman–Crippen LogP) is 3.70. The molecule has 15 heteroatoms. The Balaban J connectivity index is 1.32. The van der Waals surface area contributed by atoms with Crippen molar-refractivity contribution in [3.05, 3.63) is 57.7 Å². The first kappa shape index (κ1) is 33.2. The second kappa shape index (κ2) is 14.1. The van der Waals surface area contributed by atoms with Gasteiger partial charge in [0.05, 0.1) is 31.2 Å². The van der Waals surface area contributed by atoms with Crippen molar-refractivity contribution < 1.29 is 17.9 Å². The number of aromatic nitrogens is 2. The number of rotatable bonds is 9. The number of piperazine rings is 1. The van der Waals surface area contributed by atoms with Gasteiger partial charge in [0, 0.05) is 58.4 Å². The molecule has 1 saturated heterocycles. The molecule has 3 heterocycles. The number of benzene rings is 2. The van der Waals surface area contributed by atoms with Gasteiger partial charge in [-0.15, -0.1) is 0 Å². The number of methoxy groups -OCH3 is 1. The van der Waals surface area contributed by atoms with E-state index in [0.29, 0.717) is 18.0 Å². The first-order chi connectivity index (χ1) is 21.4. The summed E-state index contributed by atoms with van der Waals surface area (Å²) in [7, 11) is 2.75. The van der Waals surface area contributed by atoms with Crippen molar-refractivity contribution in [3.8, 4) is 5.75 Å². The Kier molecular flexibility index (Phi) is 10.4. The van der Waals surface area contributed by atoms with Crippen LogP contribution < -0.4 is 15.4 Å². The summed E-state index contributed by atoms with van der Waals surface area (Å²) in [6.07, 6.45) is 3.01. The summed E-state index contributed by atoms with van der Waals surface area (Å²) in [5.74, 6) is 1.25. The Hall–Kier alpha value is -3.20. The van der Waals surface area contributed by atoms with Crippen LogP contribution >= 0.6 is 23.2 Å². The molecular formula is C30H38Cl2N8O4S. The monoisotopic (exact) mass is 676 g/mol. The van der Waals surface area contributed by atoms with E-state index in [9.17, 15) is 13.2 Å². The molecule has 242 valence electrons. The maximum atomic E-state index is 13.0. The van der Waals surface area contributed by atoms with Crippen LogP contribution in [0.15, 0.2) is 41.4 Å². The first-order valence-electron chi connectivity index (χ1n) is 14.6. The van der Waals surface area contributed by atoms with Crippen molar-refractivity contribution in [1.82, 2.24) is 29.0 Å². The van der Waals surface area contributed by atoms with E-state index < -0.39 is 10.0 Å². The van der Waals surface area contributed by atoms with Crippen LogP contribution in [-0.4, -0.2) is 117 Å². The summed E-state index contributed by atoms with van der Waals surface area (Å²) < 4.78 is 32.8. The molecular weight excluding hydrogens is 639 g/mol. The summed E-state index contributed by atoms with van der Waals surface area (Å²) in [5, 5.41) is 6.74. The van der Waals surface area contributed by atoms with Crippen LogP contribution in [0.2, 0.25) is 10.0 Å². The molecule has 2 N–H and O–H groups in total. The largest absolute Gasteiger partial charge is 0.495 e. The van der Waals surface area contributed by atoms with Gasteiger partial charge in [0.15, 0.2) is 5.82 Å². The zero-order valence-electron chi connectivity index (χ0n) is 25.8. The van der Waals surface area contributed by atoms with Crippen LogP contribution in [0.3, 0.4) is 0 Å². The lowest BCUT2D eigenvalue weighted by molar-refractivity contribution is -0.134. The van der Waals surface area contributed by atoms with Crippen LogP contribution in [0, 0.1) is 0 Å². The third-order valence-electron chi connectivity index (χ3n) is 8.08. The summed E-state index contributed by atoms with van der Waals surface area (Å²) >= 11 is 12.6. The van der Waals surface area contributed by atoms with Gasteiger partial charge in [-0.25, -0.2) is 17.7 Å². The van der Waals surface area contributed by atoms with Gasteiger partial charge in [-0.1, -0.05) is 23.2 Å². The third-order valence-corrected chi connectivity index (χ3v) is 10.4. The number of carbonyl (C=O) groups is 1. The lowest BCUT2D eigenvalue weighted by Crippen LogP contribution is -2.50. The number of amides is 1. The van der Waals surface area contributed by atoms with Crippen molar-refractivity contribution in [2.24, 2.45) is 0 Å². The third kappa shape index (κ3) is 7.79. The number of anilines is 4. The molecule has 2 aromatic carbocycles. The number of nitrogens with one attached hydrogen (secondary N) is 2. The van der Waals surface area contributed by atoms with Crippen LogP contribution in [0.1, 0.15) is 11.1 Å². The van der Waals surface area contributed by atoms with Gasteiger partial charge in [-0.2, -0.15) is 4.98 Å². The van der Waals surface area contributed by atoms with Gasteiger partial charge in [0.25, 0.3) is 0 Å². The fraction of sp³-hybridized carbons (Fsp3) is 0.433. The minimum atomic E-state index is -3.82. The lowest BCUT2D eigenvalue weighted by atomic mass is 10.0. The highest BCUT2D eigenvalue weighted by molar-refractivity contribution is 7.89. The number of carbonyl (C=O) groups excluding carboxylic acids is 1. The van der Waals surface area contributed by atoms with Crippen LogP contribution in [0.5, 0.6) is 5.75 Å². The molecule has 1 amide bonds. The molecule has 0 atom stereocenters. The molecule has 0 aliphatic carbocycles. The second-order valence-electron chi connectivity index (χ2n) is 11.3. The van der Waals surface area contributed by atoms with Crippen molar-refractivity contribution in [2.75, 3.05) is 84.7 Å². The van der Waals surface area contributed by atoms with E-state index in [1.54, 1.807) is 19.2 Å². The fourth-order valence-corrected chi connectivity index (χ4v) is 6.79. The van der Waals surface area contributed by atoms with E-state index in [-0.39, 0.29) is 38.3 Å². The average Bonchev–Trinajstić information content (AvgIpc) is 3.20. The Morgan fingerprint density at radius 1 is 0.978 bits per heavy atom. The van der Waals surface area contributed by atoms with E-state index in [1.165, 1.54) is 31.9 Å². The number of fused-ring (bicyclic) bond motifs is 1. The number of hydrogen-bond acceptors (Lipinski definition) is 10. The Bertz CT molecular complexity index is 1670. The van der Waals surface area contributed by atoms with Gasteiger partial charge in [-0.3, -0.25) is 9.69 Å². The van der Waals surface area contributed by atoms with Crippen molar-refractivity contribution in [1.29, 1.82) is 0 Å². The van der Waals surface area contributed by atoms with Gasteiger partial charge in [0.1, 0.15) is 15.7 Å². The first-order valence-corrected chi connectivity index (χ1v) is 16.8. The molecule has 0 saturated carbocycles. The Labute approximate surface area is 274 Å². The van der Waals surface area contributed by atoms with Gasteiger partial charge in [-0.05, 0) is 61.3 Å². The Morgan fingerprint density at radius 2 is 1.67 bits per heavy atom. The standard InChI is InChI=1S/C30H38Cl2N8O4S/c1-37(2)45(42,43)27-17-22(31)5-6-24(27)34-29-23(32)18-33-30(36-29)35-25-15-20-7-9-39(10-8-21(20)16-26(25)44-4)19-28(41)40-13-11-38(3)12-14-40/h5-6,15-18H,7-14,19H2,1-4H3,(H2,33,34,35,36). The van der Waals surface area contributed by atoms with Crippen molar-refractivity contribution in [3.63, 3.8) is 0 Å². The predicted molar refractivity (Wildman–Crippen MR) is 177 cm³/mol. The molecule has 3 aromatic rings. The maximum Gasteiger partial charge on any atom is 0.244 e. The van der Waals surface area contributed by atoms with E-state index in [4.69, 9.17) is 27.9 Å². The SMILES string of the molecule is COc1cc2c(cc1Nc1ncc(Cl)c(Nc3ccc(Cl)cc3S(=O)(=O)N(C)C)n1)CCN(CC(=O)N1CCN(C)CC1)CC2. The molecule has 0 spiro atoms. The molecule has 0 radical (unpaired) electrons. The minimum absolute atomic E-state index is 0.0177. The molecule has 0 bridgehead atoms. The zero-order valence-corrected chi connectivity index (χ0v) is 28.1. The topological polar surface area (TPSA) is 123 Å². The number of halogens is 2. The van der Waals surface area contributed by atoms with Gasteiger partial charge >= 0.3 is 0 Å². The summed E-state index contributed by atoms with van der Waals surface area (Å²) in [6.45, 7) is 5.33. The van der Waals surface area contributed by atoms with E-state index in [1.807, 2.05) is 17.0 Å². The lowest BCUT2D eigenvalue weighted by Gasteiger charge is -2.33. The highest BCUT2D eigenvalue weighted by atomic mass is 35.5. The Morgan fingerprint density at radius 3 is 2.33 bits per heavy atom. The highest BCUT2D eigenvalue weighted by Crippen LogP contribution is 2.34. The molecule has 1 fully saturated rings. The van der Waals surface area contributed by atoms with E-state index >= 15 is 0 Å². The van der Waals surface area contributed by atoms with Gasteiger partial charge in [0.2, 0.25) is 21.9 Å². The fourth-order valence-electron chi connectivity index (χ4n) is 5.35. The molecule has 1 aromatic heterocycles. The van der Waals surface area contributed by atoms with Crippen LogP contribution in [-0.2, 0) is 27.7 Å². The van der Waals surface area contributed by atoms with Crippen LogP contribution in [0.4, 0.5) is 23.1 Å². The normalized spacial score (nSPS) is 16.3. The molecule has 12 nitrogen and oxygen atoms in total. The average molecular weight is 678 g/mol. The van der Waals surface area contributed by atoms with Crippen LogP contribution in [0.25, 0.3) is 0 Å². The second-order valence-corrected chi connectivity index (χ2v) is 14.3. The molecule has 5 rings (SSSR count). The summed E-state index contributed by atoms with van der Waals surface area (Å²) in [5.41, 5.74) is 3.26.